The molecule has 27 heavy (non-hydrogen) atoms. The summed E-state index contributed by atoms with van der Waals surface area (Å²) in [6.45, 7) is 0. The molecule has 2 aliphatic carbocycles. The van der Waals surface area contributed by atoms with Gasteiger partial charge in [-0.05, 0) is 86.1 Å². The first-order valence-electron chi connectivity index (χ1n) is 9.98. The lowest BCUT2D eigenvalue weighted by Crippen LogP contribution is -2.23. The van der Waals surface area contributed by atoms with Crippen LogP contribution in [0.1, 0.15) is 25.7 Å². The highest BCUT2D eigenvalue weighted by molar-refractivity contribution is 7.97. The summed E-state index contributed by atoms with van der Waals surface area (Å²) >= 11 is 0. The normalized spacial score (nSPS) is 23.7. The van der Waals surface area contributed by atoms with Gasteiger partial charge >= 0.3 is 0 Å². The molecule has 3 unspecified atom stereocenters. The van der Waals surface area contributed by atoms with E-state index in [1.807, 2.05) is 0 Å². The molecule has 2 heteroatoms. The predicted molar refractivity (Wildman–Crippen MR) is 111 cm³/mol. The fraction of sp³-hybridized carbons (Fsp3) is 0.280. The van der Waals surface area contributed by atoms with Crippen molar-refractivity contribution in [1.82, 2.24) is 0 Å². The summed E-state index contributed by atoms with van der Waals surface area (Å²) in [6, 6.07) is 30.5. The molecule has 2 aliphatic rings. The maximum absolute atomic E-state index is 6.36. The second-order valence-electron chi connectivity index (χ2n) is 7.73. The van der Waals surface area contributed by atoms with Crippen molar-refractivity contribution in [3.63, 3.8) is 0 Å². The summed E-state index contributed by atoms with van der Waals surface area (Å²) in [7, 11) is -0.0839. The first-order valence-corrected chi connectivity index (χ1v) is 11.2. The molecule has 0 spiro atoms. The van der Waals surface area contributed by atoms with Crippen LogP contribution in [0.25, 0.3) is 0 Å². The number of rotatable bonds is 5. The first kappa shape index (κ1) is 16.9. The molecule has 2 saturated carbocycles. The van der Waals surface area contributed by atoms with Crippen LogP contribution in [0.3, 0.4) is 0 Å². The highest BCUT2D eigenvalue weighted by Gasteiger charge is 2.41. The van der Waals surface area contributed by atoms with Gasteiger partial charge in [-0.2, -0.15) is 0 Å². The first-order chi connectivity index (χ1) is 13.4. The summed E-state index contributed by atoms with van der Waals surface area (Å²) in [6.07, 6.45) is 5.86. The smallest absolute Gasteiger partial charge is 0.166 e. The molecular weight excluding hydrogens is 348 g/mol. The van der Waals surface area contributed by atoms with Gasteiger partial charge in [-0.25, -0.2) is 0 Å². The molecular formula is C25H25OS+. The van der Waals surface area contributed by atoms with Crippen molar-refractivity contribution in [3.05, 3.63) is 84.9 Å². The summed E-state index contributed by atoms with van der Waals surface area (Å²) in [5.41, 5.74) is 0. The Kier molecular flexibility index (Phi) is 4.67. The van der Waals surface area contributed by atoms with Crippen LogP contribution >= 0.6 is 0 Å². The third kappa shape index (κ3) is 3.51. The topological polar surface area (TPSA) is 9.23 Å². The number of hydrogen-bond donors (Lipinski definition) is 0. The standard InChI is InChI=1S/C25H25OS/c1-3-7-22(8-4-1)27(23-9-5-2-6-10-23)24-15-13-21(14-16-24)26-25-18-19-11-12-20(25)17-19/h1-10,13-16,19-20,25H,11-12,17-18H2/q+1. The average Bonchev–Trinajstić information content (AvgIpc) is 3.34. The van der Waals surface area contributed by atoms with Gasteiger partial charge in [0.05, 0.1) is 10.9 Å². The Hall–Kier alpha value is -2.19. The van der Waals surface area contributed by atoms with Crippen LogP contribution in [0, 0.1) is 11.8 Å². The van der Waals surface area contributed by atoms with Crippen molar-refractivity contribution in [3.8, 4) is 5.75 Å². The number of hydrogen-bond acceptors (Lipinski definition) is 1. The van der Waals surface area contributed by atoms with Gasteiger partial charge in [-0.15, -0.1) is 0 Å². The third-order valence-electron chi connectivity index (χ3n) is 5.98. The van der Waals surface area contributed by atoms with Gasteiger partial charge in [0, 0.05) is 0 Å². The zero-order valence-corrected chi connectivity index (χ0v) is 16.3. The molecule has 0 radical (unpaired) electrons. The average molecular weight is 374 g/mol. The molecule has 3 aromatic rings. The van der Waals surface area contributed by atoms with Crippen molar-refractivity contribution in [2.45, 2.75) is 46.5 Å². The molecule has 2 bridgehead atoms. The molecule has 0 aromatic heterocycles. The van der Waals surface area contributed by atoms with Crippen LogP contribution < -0.4 is 4.74 Å². The molecule has 2 fully saturated rings. The largest absolute Gasteiger partial charge is 0.490 e. The Morgan fingerprint density at radius 3 is 1.74 bits per heavy atom. The van der Waals surface area contributed by atoms with Crippen LogP contribution in [0.5, 0.6) is 5.75 Å². The van der Waals surface area contributed by atoms with E-state index < -0.39 is 0 Å². The van der Waals surface area contributed by atoms with Gasteiger partial charge in [-0.3, -0.25) is 0 Å². The predicted octanol–water partition coefficient (Wildman–Crippen LogP) is 6.35. The summed E-state index contributed by atoms with van der Waals surface area (Å²) < 4.78 is 6.36. The lowest BCUT2D eigenvalue weighted by molar-refractivity contribution is 0.138. The minimum Gasteiger partial charge on any atom is -0.490 e. The second kappa shape index (κ2) is 7.44. The van der Waals surface area contributed by atoms with E-state index in [1.54, 1.807) is 0 Å². The number of ether oxygens (including phenoxy) is 1. The second-order valence-corrected chi connectivity index (χ2v) is 9.76. The van der Waals surface area contributed by atoms with E-state index in [1.165, 1.54) is 40.4 Å². The van der Waals surface area contributed by atoms with Gasteiger partial charge in [0.15, 0.2) is 14.7 Å². The Morgan fingerprint density at radius 2 is 1.22 bits per heavy atom. The van der Waals surface area contributed by atoms with E-state index >= 15 is 0 Å². The highest BCUT2D eigenvalue weighted by atomic mass is 32.2. The monoisotopic (exact) mass is 373 g/mol. The summed E-state index contributed by atoms with van der Waals surface area (Å²) in [4.78, 5) is 4.05. The molecule has 1 nitrogen and oxygen atoms in total. The minimum absolute atomic E-state index is 0.0839. The SMILES string of the molecule is c1ccc([S+](c2ccccc2)c2ccc(OC3CC4CCC3C4)cc2)cc1. The van der Waals surface area contributed by atoms with E-state index in [0.29, 0.717) is 6.10 Å². The van der Waals surface area contributed by atoms with E-state index in [2.05, 4.69) is 84.9 Å². The summed E-state index contributed by atoms with van der Waals surface area (Å²) in [5, 5.41) is 0. The van der Waals surface area contributed by atoms with Crippen molar-refractivity contribution >= 4 is 10.9 Å². The lowest BCUT2D eigenvalue weighted by Gasteiger charge is -2.23. The van der Waals surface area contributed by atoms with Gasteiger partial charge < -0.3 is 4.74 Å². The molecule has 0 heterocycles. The fourth-order valence-corrected chi connectivity index (χ4v) is 6.76. The van der Waals surface area contributed by atoms with Crippen LogP contribution in [0.4, 0.5) is 0 Å². The number of benzene rings is 3. The van der Waals surface area contributed by atoms with Gasteiger partial charge in [0.2, 0.25) is 0 Å². The quantitative estimate of drug-likeness (QED) is 0.474. The minimum atomic E-state index is -0.0839. The Morgan fingerprint density at radius 1 is 0.630 bits per heavy atom. The maximum Gasteiger partial charge on any atom is 0.166 e. The van der Waals surface area contributed by atoms with Crippen molar-refractivity contribution < 1.29 is 4.74 Å². The zero-order valence-electron chi connectivity index (χ0n) is 15.5. The molecule has 3 aromatic carbocycles. The molecule has 0 aliphatic heterocycles. The van der Waals surface area contributed by atoms with Gasteiger partial charge in [-0.1, -0.05) is 36.4 Å². The molecule has 0 saturated heterocycles. The van der Waals surface area contributed by atoms with E-state index in [9.17, 15) is 0 Å². The van der Waals surface area contributed by atoms with Gasteiger partial charge in [0.25, 0.3) is 0 Å². The lowest BCUT2D eigenvalue weighted by atomic mass is 9.98. The Balaban J connectivity index is 1.41. The fourth-order valence-electron chi connectivity index (χ4n) is 4.68. The highest BCUT2D eigenvalue weighted by Crippen LogP contribution is 2.46. The molecule has 0 amide bonds. The van der Waals surface area contributed by atoms with Crippen LogP contribution in [0.2, 0.25) is 0 Å². The van der Waals surface area contributed by atoms with Crippen LogP contribution in [-0.2, 0) is 10.9 Å². The molecule has 0 N–H and O–H groups in total. The van der Waals surface area contributed by atoms with E-state index in [-0.39, 0.29) is 10.9 Å². The van der Waals surface area contributed by atoms with Crippen LogP contribution in [-0.4, -0.2) is 6.10 Å². The third-order valence-corrected chi connectivity index (χ3v) is 8.21. The Bertz CT molecular complexity index is 836. The van der Waals surface area contributed by atoms with Crippen LogP contribution in [0.15, 0.2) is 99.6 Å². The number of fused-ring (bicyclic) bond motifs is 2. The molecule has 136 valence electrons. The molecule has 5 rings (SSSR count). The molecule has 3 atom stereocenters. The Labute approximate surface area is 164 Å². The van der Waals surface area contributed by atoms with Crippen molar-refractivity contribution in [2.75, 3.05) is 0 Å². The van der Waals surface area contributed by atoms with E-state index in [4.69, 9.17) is 4.74 Å². The maximum atomic E-state index is 6.36. The summed E-state index contributed by atoms with van der Waals surface area (Å²) in [5.74, 6) is 2.74. The zero-order chi connectivity index (χ0) is 18.1. The van der Waals surface area contributed by atoms with E-state index in [0.717, 1.165) is 17.6 Å². The van der Waals surface area contributed by atoms with Gasteiger partial charge in [0.1, 0.15) is 11.9 Å². The van der Waals surface area contributed by atoms with Crippen molar-refractivity contribution in [1.29, 1.82) is 0 Å². The van der Waals surface area contributed by atoms with Crippen molar-refractivity contribution in [2.24, 2.45) is 11.8 Å².